The summed E-state index contributed by atoms with van der Waals surface area (Å²) in [7, 11) is 0. The van der Waals surface area contributed by atoms with Crippen LogP contribution >= 0.6 is 34.8 Å². The van der Waals surface area contributed by atoms with Gasteiger partial charge in [-0.2, -0.15) is 0 Å². The van der Waals surface area contributed by atoms with Gasteiger partial charge in [0.05, 0.1) is 17.3 Å². The van der Waals surface area contributed by atoms with E-state index in [1.165, 1.54) is 28.9 Å². The number of hydrogen-bond donors (Lipinski definition) is 2. The van der Waals surface area contributed by atoms with Crippen LogP contribution in [0.4, 0.5) is 15.9 Å². The van der Waals surface area contributed by atoms with E-state index in [4.69, 9.17) is 40.5 Å². The molecule has 0 fully saturated rings. The van der Waals surface area contributed by atoms with Gasteiger partial charge in [0, 0.05) is 10.0 Å². The lowest BCUT2D eigenvalue weighted by Crippen LogP contribution is -2.15. The Hall–Kier alpha value is -2.35. The van der Waals surface area contributed by atoms with Gasteiger partial charge in [-0.15, -0.1) is 5.10 Å². The lowest BCUT2D eigenvalue weighted by molar-refractivity contribution is 0.102. The summed E-state index contributed by atoms with van der Waals surface area (Å²) in [5.74, 6) is -0.999. The van der Waals surface area contributed by atoms with Crippen molar-refractivity contribution in [3.63, 3.8) is 0 Å². The van der Waals surface area contributed by atoms with E-state index >= 15 is 0 Å². The number of carbonyl (C=O) groups is 1. The summed E-state index contributed by atoms with van der Waals surface area (Å²) in [6.45, 7) is 0.132. The van der Waals surface area contributed by atoms with Gasteiger partial charge in [-0.1, -0.05) is 46.1 Å². The van der Waals surface area contributed by atoms with Crippen molar-refractivity contribution in [2.24, 2.45) is 0 Å². The number of nitrogens with zero attached hydrogens (tertiary/aromatic N) is 3. The van der Waals surface area contributed by atoms with Crippen molar-refractivity contribution in [2.45, 2.75) is 6.54 Å². The predicted octanol–water partition coefficient (Wildman–Crippen LogP) is 4.26. The van der Waals surface area contributed by atoms with Gasteiger partial charge >= 0.3 is 0 Å². The number of aromatic nitrogens is 3. The van der Waals surface area contributed by atoms with Gasteiger partial charge in [0.1, 0.15) is 5.82 Å². The second kappa shape index (κ2) is 7.49. The molecule has 1 heterocycles. The standard InChI is InChI=1S/C16H11Cl3FN5O/c17-9-2-4-13(12(19)5-9)22-16(26)14-15(21)25(24-23-14)7-8-1-3-10(20)6-11(8)18/h1-6H,7,21H2,(H,22,26). The summed E-state index contributed by atoms with van der Waals surface area (Å²) < 4.78 is 14.4. The van der Waals surface area contributed by atoms with Crippen molar-refractivity contribution in [1.82, 2.24) is 15.0 Å². The van der Waals surface area contributed by atoms with Crippen molar-refractivity contribution >= 4 is 52.2 Å². The number of nitrogen functional groups attached to an aromatic ring is 1. The number of rotatable bonds is 4. The third-order valence-corrected chi connectivity index (χ3v) is 4.40. The fourth-order valence-corrected chi connectivity index (χ4v) is 2.87. The molecule has 0 aliphatic rings. The zero-order valence-corrected chi connectivity index (χ0v) is 15.3. The lowest BCUT2D eigenvalue weighted by Gasteiger charge is -2.07. The van der Waals surface area contributed by atoms with Crippen molar-refractivity contribution in [3.8, 4) is 0 Å². The summed E-state index contributed by atoms with van der Waals surface area (Å²) in [6.07, 6.45) is 0. The van der Waals surface area contributed by atoms with Gasteiger partial charge in [0.15, 0.2) is 11.5 Å². The smallest absolute Gasteiger partial charge is 0.280 e. The largest absolute Gasteiger partial charge is 0.382 e. The molecule has 134 valence electrons. The summed E-state index contributed by atoms with van der Waals surface area (Å²) in [6, 6.07) is 8.59. The minimum Gasteiger partial charge on any atom is -0.382 e. The number of nitrogens with one attached hydrogen (secondary N) is 1. The number of halogens is 4. The van der Waals surface area contributed by atoms with Gasteiger partial charge in [-0.3, -0.25) is 4.79 Å². The molecule has 0 unspecified atom stereocenters. The maximum atomic E-state index is 13.1. The van der Waals surface area contributed by atoms with Crippen LogP contribution in [0.15, 0.2) is 36.4 Å². The fraction of sp³-hybridized carbons (Fsp3) is 0.0625. The Morgan fingerprint density at radius 1 is 1.15 bits per heavy atom. The van der Waals surface area contributed by atoms with Crippen LogP contribution in [0.1, 0.15) is 16.1 Å². The predicted molar refractivity (Wildman–Crippen MR) is 99.4 cm³/mol. The highest BCUT2D eigenvalue weighted by atomic mass is 35.5. The number of anilines is 2. The first-order chi connectivity index (χ1) is 12.3. The molecule has 2 aromatic carbocycles. The second-order valence-electron chi connectivity index (χ2n) is 5.29. The zero-order chi connectivity index (χ0) is 18.8. The number of hydrogen-bond acceptors (Lipinski definition) is 4. The third kappa shape index (κ3) is 3.90. The highest BCUT2D eigenvalue weighted by Gasteiger charge is 2.19. The normalized spacial score (nSPS) is 10.8. The number of nitrogens with two attached hydrogens (primary N) is 1. The molecule has 0 bridgehead atoms. The average Bonchev–Trinajstić information content (AvgIpc) is 2.93. The summed E-state index contributed by atoms with van der Waals surface area (Å²) in [5, 5.41) is 11.2. The fourth-order valence-electron chi connectivity index (χ4n) is 2.18. The molecule has 3 rings (SSSR count). The Labute approximate surface area is 162 Å². The molecule has 1 amide bonds. The van der Waals surface area contributed by atoms with Crippen LogP contribution in [0.3, 0.4) is 0 Å². The molecule has 6 nitrogen and oxygen atoms in total. The molecule has 3 aromatic rings. The topological polar surface area (TPSA) is 85.8 Å². The van der Waals surface area contributed by atoms with Crippen LogP contribution in [0.25, 0.3) is 0 Å². The maximum Gasteiger partial charge on any atom is 0.280 e. The summed E-state index contributed by atoms with van der Waals surface area (Å²) in [5.41, 5.74) is 6.82. The highest BCUT2D eigenvalue weighted by molar-refractivity contribution is 6.36. The minimum atomic E-state index is -0.580. The van der Waals surface area contributed by atoms with E-state index < -0.39 is 11.7 Å². The number of benzene rings is 2. The van der Waals surface area contributed by atoms with E-state index in [9.17, 15) is 9.18 Å². The number of amides is 1. The lowest BCUT2D eigenvalue weighted by atomic mass is 10.2. The Bertz CT molecular complexity index is 992. The van der Waals surface area contributed by atoms with E-state index in [1.54, 1.807) is 12.1 Å². The summed E-state index contributed by atoms with van der Waals surface area (Å²) in [4.78, 5) is 12.4. The average molecular weight is 415 g/mol. The molecule has 0 atom stereocenters. The van der Waals surface area contributed by atoms with Crippen LogP contribution in [0.5, 0.6) is 0 Å². The molecular formula is C16H11Cl3FN5O. The molecule has 26 heavy (non-hydrogen) atoms. The monoisotopic (exact) mass is 413 g/mol. The quantitative estimate of drug-likeness (QED) is 0.668. The van der Waals surface area contributed by atoms with Crippen molar-refractivity contribution < 1.29 is 9.18 Å². The van der Waals surface area contributed by atoms with Crippen molar-refractivity contribution in [1.29, 1.82) is 0 Å². The van der Waals surface area contributed by atoms with Crippen molar-refractivity contribution in [3.05, 3.63) is 68.5 Å². The molecule has 0 aliphatic heterocycles. The highest BCUT2D eigenvalue weighted by Crippen LogP contribution is 2.26. The van der Waals surface area contributed by atoms with Crippen LogP contribution in [-0.4, -0.2) is 20.9 Å². The van der Waals surface area contributed by atoms with E-state index in [1.807, 2.05) is 0 Å². The number of carbonyl (C=O) groups excluding carboxylic acids is 1. The molecule has 0 saturated carbocycles. The molecule has 0 aliphatic carbocycles. The van der Waals surface area contributed by atoms with Gasteiger partial charge < -0.3 is 11.1 Å². The SMILES string of the molecule is Nc1c(C(=O)Nc2ccc(Cl)cc2Cl)nnn1Cc1ccc(F)cc1Cl. The van der Waals surface area contributed by atoms with Crippen LogP contribution in [0.2, 0.25) is 15.1 Å². The molecule has 0 radical (unpaired) electrons. The molecule has 10 heteroatoms. The Morgan fingerprint density at radius 2 is 1.92 bits per heavy atom. The van der Waals surface area contributed by atoms with Crippen molar-refractivity contribution in [2.75, 3.05) is 11.1 Å². The van der Waals surface area contributed by atoms with Crippen LogP contribution in [0, 0.1) is 5.82 Å². The third-order valence-electron chi connectivity index (χ3n) is 3.50. The Kier molecular flexibility index (Phi) is 5.31. The summed E-state index contributed by atoms with van der Waals surface area (Å²) >= 11 is 17.8. The molecule has 0 saturated heterocycles. The molecular weight excluding hydrogens is 404 g/mol. The molecule has 0 spiro atoms. The van der Waals surface area contributed by atoms with E-state index in [2.05, 4.69) is 15.6 Å². The maximum absolute atomic E-state index is 13.1. The van der Waals surface area contributed by atoms with E-state index in [0.717, 1.165) is 0 Å². The molecule has 3 N–H and O–H groups in total. The Morgan fingerprint density at radius 3 is 2.62 bits per heavy atom. The zero-order valence-electron chi connectivity index (χ0n) is 13.0. The van der Waals surface area contributed by atoms with E-state index in [0.29, 0.717) is 16.3 Å². The van der Waals surface area contributed by atoms with Gasteiger partial charge in [0.2, 0.25) is 0 Å². The van der Waals surface area contributed by atoms with Gasteiger partial charge in [-0.25, -0.2) is 9.07 Å². The minimum absolute atomic E-state index is 0.0352. The first-order valence-electron chi connectivity index (χ1n) is 7.24. The van der Waals surface area contributed by atoms with Crippen LogP contribution in [-0.2, 0) is 6.54 Å². The first kappa shape index (κ1) is 18.4. The molecule has 1 aromatic heterocycles. The van der Waals surface area contributed by atoms with Crippen LogP contribution < -0.4 is 11.1 Å². The van der Waals surface area contributed by atoms with E-state index in [-0.39, 0.29) is 28.1 Å². The van der Waals surface area contributed by atoms with Gasteiger partial charge in [-0.05, 0) is 35.9 Å². The van der Waals surface area contributed by atoms with Gasteiger partial charge in [0.25, 0.3) is 5.91 Å². The first-order valence-corrected chi connectivity index (χ1v) is 8.38. The second-order valence-corrected chi connectivity index (χ2v) is 6.55. The Balaban J connectivity index is 1.80.